The Morgan fingerprint density at radius 1 is 1.07 bits per heavy atom. The Balaban J connectivity index is 1.59. The maximum absolute atomic E-state index is 12.5. The van der Waals surface area contributed by atoms with Gasteiger partial charge in [0.2, 0.25) is 5.91 Å². The highest BCUT2D eigenvalue weighted by molar-refractivity contribution is 6.36. The molecule has 1 aliphatic rings. The molecule has 0 aromatic heterocycles. The fourth-order valence-corrected chi connectivity index (χ4v) is 3.71. The molecule has 0 spiro atoms. The number of hydrogen-bond donors (Lipinski definition) is 2. The lowest BCUT2D eigenvalue weighted by Gasteiger charge is -2.14. The van der Waals surface area contributed by atoms with E-state index in [1.54, 1.807) is 42.5 Å². The molecular formula is C21H22Cl2N2O3. The minimum absolute atomic E-state index is 0.0612. The molecule has 1 heterocycles. The molecular weight excluding hydrogens is 399 g/mol. The molecule has 7 heteroatoms. The van der Waals surface area contributed by atoms with E-state index < -0.39 is 0 Å². The van der Waals surface area contributed by atoms with Crippen LogP contribution in [0.5, 0.6) is 0 Å². The number of hydrogen-bond acceptors (Lipinski definition) is 3. The molecule has 0 bridgehead atoms. The van der Waals surface area contributed by atoms with Gasteiger partial charge in [0.15, 0.2) is 0 Å². The monoisotopic (exact) mass is 420 g/mol. The smallest absolute Gasteiger partial charge is 0.253 e. The third-order valence-electron chi connectivity index (χ3n) is 4.62. The fourth-order valence-electron chi connectivity index (χ4n) is 3.12. The van der Waals surface area contributed by atoms with Gasteiger partial charge in [-0.2, -0.15) is 0 Å². The highest BCUT2D eigenvalue weighted by Gasteiger charge is 2.18. The van der Waals surface area contributed by atoms with Crippen molar-refractivity contribution in [2.75, 3.05) is 18.5 Å². The first kappa shape index (κ1) is 20.6. The summed E-state index contributed by atoms with van der Waals surface area (Å²) < 4.78 is 5.52. The van der Waals surface area contributed by atoms with Crippen molar-refractivity contribution in [1.82, 2.24) is 5.32 Å². The van der Waals surface area contributed by atoms with Gasteiger partial charge in [0.25, 0.3) is 5.91 Å². The molecule has 2 amide bonds. The quantitative estimate of drug-likeness (QED) is 0.693. The minimum Gasteiger partial charge on any atom is -0.376 e. The number of halogens is 2. The second kappa shape index (κ2) is 9.92. The van der Waals surface area contributed by atoms with Crippen LogP contribution in [0.3, 0.4) is 0 Å². The second-order valence-electron chi connectivity index (χ2n) is 6.64. The largest absolute Gasteiger partial charge is 0.376 e. The average molecular weight is 421 g/mol. The SMILES string of the molecule is O=C(CCc1c(Cl)cccc1Cl)Nc1ccccc1C(=O)NC[C@H]1CCCO1. The van der Waals surface area contributed by atoms with Crippen LogP contribution < -0.4 is 10.6 Å². The third-order valence-corrected chi connectivity index (χ3v) is 5.33. The molecule has 1 fully saturated rings. The molecule has 28 heavy (non-hydrogen) atoms. The van der Waals surface area contributed by atoms with Gasteiger partial charge in [0.05, 0.1) is 17.4 Å². The summed E-state index contributed by atoms with van der Waals surface area (Å²) in [6, 6.07) is 12.2. The number of nitrogens with one attached hydrogen (secondary N) is 2. The number of ether oxygens (including phenoxy) is 1. The molecule has 2 aromatic carbocycles. The van der Waals surface area contributed by atoms with Gasteiger partial charge in [-0.15, -0.1) is 0 Å². The van der Waals surface area contributed by atoms with Gasteiger partial charge < -0.3 is 15.4 Å². The lowest BCUT2D eigenvalue weighted by molar-refractivity contribution is -0.116. The lowest BCUT2D eigenvalue weighted by atomic mass is 10.1. The number of rotatable bonds is 7. The van der Waals surface area contributed by atoms with Crippen LogP contribution >= 0.6 is 23.2 Å². The van der Waals surface area contributed by atoms with Gasteiger partial charge in [0, 0.05) is 29.6 Å². The maximum atomic E-state index is 12.5. The lowest BCUT2D eigenvalue weighted by Crippen LogP contribution is -2.32. The van der Waals surface area contributed by atoms with Crippen molar-refractivity contribution < 1.29 is 14.3 Å². The summed E-state index contributed by atoms with van der Waals surface area (Å²) in [4.78, 5) is 24.9. The number of carbonyl (C=O) groups is 2. The molecule has 5 nitrogen and oxygen atoms in total. The zero-order chi connectivity index (χ0) is 19.9. The number of amides is 2. The van der Waals surface area contributed by atoms with Crippen molar-refractivity contribution in [2.24, 2.45) is 0 Å². The summed E-state index contributed by atoms with van der Waals surface area (Å²) in [5.74, 6) is -0.448. The number of carbonyl (C=O) groups excluding carboxylic acids is 2. The minimum atomic E-state index is -0.236. The topological polar surface area (TPSA) is 67.4 Å². The molecule has 0 radical (unpaired) electrons. The standard InChI is InChI=1S/C21H22Cl2N2O3/c22-17-7-3-8-18(23)15(17)10-11-20(26)25-19-9-2-1-6-16(19)21(27)24-13-14-5-4-12-28-14/h1-3,6-9,14H,4-5,10-13H2,(H,24,27)(H,25,26)/t14-/m1/s1. The summed E-state index contributed by atoms with van der Waals surface area (Å²) in [7, 11) is 0. The predicted molar refractivity (Wildman–Crippen MR) is 111 cm³/mol. The Morgan fingerprint density at radius 2 is 1.82 bits per heavy atom. The predicted octanol–water partition coefficient (Wildman–Crippen LogP) is 4.47. The summed E-state index contributed by atoms with van der Waals surface area (Å²) in [6.45, 7) is 1.20. The van der Waals surface area contributed by atoms with Crippen LogP contribution in [-0.2, 0) is 16.0 Å². The number of benzene rings is 2. The molecule has 0 saturated carbocycles. The van der Waals surface area contributed by atoms with Gasteiger partial charge >= 0.3 is 0 Å². The van der Waals surface area contributed by atoms with Crippen LogP contribution in [0.15, 0.2) is 42.5 Å². The Hall–Kier alpha value is -2.08. The van der Waals surface area contributed by atoms with E-state index in [1.807, 2.05) is 0 Å². The summed E-state index contributed by atoms with van der Waals surface area (Å²) in [5.41, 5.74) is 1.63. The molecule has 3 rings (SSSR count). The van der Waals surface area contributed by atoms with Gasteiger partial charge in [-0.25, -0.2) is 0 Å². The van der Waals surface area contributed by atoms with Crippen LogP contribution in [0.4, 0.5) is 5.69 Å². The first-order valence-electron chi connectivity index (χ1n) is 9.26. The van der Waals surface area contributed by atoms with Crippen molar-refractivity contribution in [3.63, 3.8) is 0 Å². The highest BCUT2D eigenvalue weighted by Crippen LogP contribution is 2.25. The van der Waals surface area contributed by atoms with Crippen LogP contribution in [0.25, 0.3) is 0 Å². The van der Waals surface area contributed by atoms with Crippen molar-refractivity contribution in [1.29, 1.82) is 0 Å². The van der Waals surface area contributed by atoms with Gasteiger partial charge in [-0.1, -0.05) is 41.4 Å². The molecule has 0 aliphatic carbocycles. The van der Waals surface area contributed by atoms with E-state index in [1.165, 1.54) is 0 Å². The van der Waals surface area contributed by atoms with Crippen molar-refractivity contribution in [2.45, 2.75) is 31.8 Å². The van der Waals surface area contributed by atoms with E-state index in [0.29, 0.717) is 34.3 Å². The molecule has 2 aromatic rings. The van der Waals surface area contributed by atoms with Crippen molar-refractivity contribution >= 4 is 40.7 Å². The zero-order valence-corrected chi connectivity index (χ0v) is 16.9. The molecule has 1 aliphatic heterocycles. The maximum Gasteiger partial charge on any atom is 0.253 e. The summed E-state index contributed by atoms with van der Waals surface area (Å²) in [6.07, 6.45) is 2.64. The van der Waals surface area contributed by atoms with E-state index in [9.17, 15) is 9.59 Å². The van der Waals surface area contributed by atoms with Crippen molar-refractivity contribution in [3.05, 3.63) is 63.6 Å². The molecule has 1 atom stereocenters. The van der Waals surface area contributed by atoms with Crippen LogP contribution in [0.1, 0.15) is 35.2 Å². The Bertz CT molecular complexity index is 831. The molecule has 2 N–H and O–H groups in total. The third kappa shape index (κ3) is 5.47. The highest BCUT2D eigenvalue weighted by atomic mass is 35.5. The van der Waals surface area contributed by atoms with E-state index in [2.05, 4.69) is 10.6 Å². The van der Waals surface area contributed by atoms with Crippen molar-refractivity contribution in [3.8, 4) is 0 Å². The molecule has 0 unspecified atom stereocenters. The molecule has 1 saturated heterocycles. The fraction of sp³-hybridized carbons (Fsp3) is 0.333. The molecule has 148 valence electrons. The van der Waals surface area contributed by atoms with E-state index in [4.69, 9.17) is 27.9 Å². The second-order valence-corrected chi connectivity index (χ2v) is 7.45. The Labute approximate surface area is 174 Å². The summed E-state index contributed by atoms with van der Waals surface area (Å²) in [5, 5.41) is 6.76. The number of para-hydroxylation sites is 1. The van der Waals surface area contributed by atoms with Gasteiger partial charge in [-0.05, 0) is 49.1 Å². The first-order valence-corrected chi connectivity index (χ1v) is 10.0. The summed E-state index contributed by atoms with van der Waals surface area (Å²) >= 11 is 12.3. The first-order chi connectivity index (χ1) is 13.5. The Kier molecular flexibility index (Phi) is 7.31. The average Bonchev–Trinajstić information content (AvgIpc) is 3.20. The van der Waals surface area contributed by atoms with E-state index in [0.717, 1.165) is 25.0 Å². The normalized spacial score (nSPS) is 16.0. The zero-order valence-electron chi connectivity index (χ0n) is 15.3. The van der Waals surface area contributed by atoms with Gasteiger partial charge in [0.1, 0.15) is 0 Å². The van der Waals surface area contributed by atoms with Gasteiger partial charge in [-0.3, -0.25) is 9.59 Å². The van der Waals surface area contributed by atoms with E-state index in [-0.39, 0.29) is 24.3 Å². The van der Waals surface area contributed by atoms with Crippen LogP contribution in [-0.4, -0.2) is 31.1 Å². The number of anilines is 1. The Morgan fingerprint density at radius 3 is 2.54 bits per heavy atom. The van der Waals surface area contributed by atoms with Crippen LogP contribution in [0, 0.1) is 0 Å². The van der Waals surface area contributed by atoms with Crippen LogP contribution in [0.2, 0.25) is 10.0 Å². The van der Waals surface area contributed by atoms with E-state index >= 15 is 0 Å².